The summed E-state index contributed by atoms with van der Waals surface area (Å²) < 4.78 is 12.5. The summed E-state index contributed by atoms with van der Waals surface area (Å²) in [6.45, 7) is 0.595. The Kier molecular flexibility index (Phi) is 3.39. The van der Waals surface area contributed by atoms with Crippen molar-refractivity contribution in [3.63, 3.8) is 0 Å². The van der Waals surface area contributed by atoms with Gasteiger partial charge >= 0.3 is 0 Å². The number of hydrogen-bond donors (Lipinski definition) is 2. The lowest BCUT2D eigenvalue weighted by Crippen LogP contribution is -2.06. The van der Waals surface area contributed by atoms with Gasteiger partial charge in [-0.3, -0.25) is 0 Å². The molecule has 7 nitrogen and oxygen atoms in total. The number of aromatic amines is 1. The summed E-state index contributed by atoms with van der Waals surface area (Å²) in [4.78, 5) is 12.0. The van der Waals surface area contributed by atoms with Gasteiger partial charge in [0.2, 0.25) is 5.95 Å². The first kappa shape index (κ1) is 13.3. The number of hydrogen-bond acceptors (Lipinski definition) is 5. The maximum atomic E-state index is 5.28. The molecule has 0 aliphatic heterocycles. The van der Waals surface area contributed by atoms with Crippen molar-refractivity contribution < 1.29 is 9.47 Å². The molecule has 0 saturated heterocycles. The highest BCUT2D eigenvalue weighted by Crippen LogP contribution is 2.31. The van der Waals surface area contributed by atoms with E-state index in [1.165, 1.54) is 0 Å². The molecule has 0 radical (unpaired) electrons. The number of fused-ring (bicyclic) bond motifs is 1. The molecular weight excluding hydrogens is 270 g/mol. The molecule has 2 aromatic heterocycles. The van der Waals surface area contributed by atoms with Crippen molar-refractivity contribution >= 4 is 17.0 Å². The number of aryl methyl sites for hydroxylation is 1. The molecule has 1 aromatic carbocycles. The maximum Gasteiger partial charge on any atom is 0.201 e. The third-order valence-electron chi connectivity index (χ3n) is 3.32. The standard InChI is InChI=1S/C14H17N5O2/c1-19-5-4-15-13(19)8-16-14-17-9-6-11(20-2)12(21-3)7-10(9)18-14/h4-7H,8H2,1-3H3,(H2,16,17,18). The zero-order valence-electron chi connectivity index (χ0n) is 12.2. The molecule has 3 rings (SSSR count). The predicted octanol–water partition coefficient (Wildman–Crippen LogP) is 1.93. The van der Waals surface area contributed by atoms with Crippen molar-refractivity contribution in [3.8, 4) is 11.5 Å². The molecule has 0 atom stereocenters. The van der Waals surface area contributed by atoms with Gasteiger partial charge in [-0.05, 0) is 0 Å². The highest BCUT2D eigenvalue weighted by Gasteiger charge is 2.10. The minimum Gasteiger partial charge on any atom is -0.493 e. The summed E-state index contributed by atoms with van der Waals surface area (Å²) >= 11 is 0. The molecule has 0 aliphatic rings. The Hall–Kier alpha value is -2.70. The van der Waals surface area contributed by atoms with Gasteiger partial charge in [0.25, 0.3) is 0 Å². The smallest absolute Gasteiger partial charge is 0.201 e. The first-order valence-corrected chi connectivity index (χ1v) is 6.53. The van der Waals surface area contributed by atoms with E-state index in [-0.39, 0.29) is 0 Å². The average molecular weight is 287 g/mol. The van der Waals surface area contributed by atoms with E-state index in [0.29, 0.717) is 24.0 Å². The van der Waals surface area contributed by atoms with Crippen LogP contribution in [0.4, 0.5) is 5.95 Å². The Bertz CT molecular complexity index is 721. The van der Waals surface area contributed by atoms with Crippen LogP contribution in [0.5, 0.6) is 11.5 Å². The Labute approximate surface area is 121 Å². The van der Waals surface area contributed by atoms with Crippen LogP contribution in [-0.4, -0.2) is 33.7 Å². The number of aromatic nitrogens is 4. The van der Waals surface area contributed by atoms with Crippen LogP contribution in [0.15, 0.2) is 24.5 Å². The number of nitrogens with zero attached hydrogens (tertiary/aromatic N) is 3. The van der Waals surface area contributed by atoms with Gasteiger partial charge in [0, 0.05) is 31.6 Å². The van der Waals surface area contributed by atoms with Crippen LogP contribution in [0.1, 0.15) is 5.82 Å². The van der Waals surface area contributed by atoms with Crippen molar-refractivity contribution in [2.75, 3.05) is 19.5 Å². The first-order chi connectivity index (χ1) is 10.2. The summed E-state index contributed by atoms with van der Waals surface area (Å²) in [6, 6.07) is 3.71. The molecule has 0 unspecified atom stereocenters. The SMILES string of the molecule is COc1cc2nc(NCc3nccn3C)[nH]c2cc1OC. The number of imidazole rings is 2. The number of H-pyrrole nitrogens is 1. The molecule has 2 heterocycles. The Morgan fingerprint density at radius 2 is 2.00 bits per heavy atom. The fraction of sp³-hybridized carbons (Fsp3) is 0.286. The third kappa shape index (κ3) is 2.49. The quantitative estimate of drug-likeness (QED) is 0.749. The molecule has 110 valence electrons. The predicted molar refractivity (Wildman–Crippen MR) is 79.7 cm³/mol. The Morgan fingerprint density at radius 1 is 1.24 bits per heavy atom. The maximum absolute atomic E-state index is 5.28. The normalized spacial score (nSPS) is 10.8. The number of benzene rings is 1. The highest BCUT2D eigenvalue weighted by molar-refractivity contribution is 5.81. The summed E-state index contributed by atoms with van der Waals surface area (Å²) in [7, 11) is 5.18. The van der Waals surface area contributed by atoms with Gasteiger partial charge in [-0.2, -0.15) is 0 Å². The lowest BCUT2D eigenvalue weighted by atomic mass is 10.3. The first-order valence-electron chi connectivity index (χ1n) is 6.53. The van der Waals surface area contributed by atoms with Crippen LogP contribution in [0.3, 0.4) is 0 Å². The highest BCUT2D eigenvalue weighted by atomic mass is 16.5. The van der Waals surface area contributed by atoms with Gasteiger partial charge in [-0.15, -0.1) is 0 Å². The van der Waals surface area contributed by atoms with Gasteiger partial charge < -0.3 is 24.3 Å². The second-order valence-electron chi connectivity index (χ2n) is 4.62. The van der Waals surface area contributed by atoms with Gasteiger partial charge in [-0.1, -0.05) is 0 Å². The number of methoxy groups -OCH3 is 2. The molecule has 0 amide bonds. The number of anilines is 1. The van der Waals surface area contributed by atoms with Crippen molar-refractivity contribution in [2.24, 2.45) is 7.05 Å². The fourth-order valence-electron chi connectivity index (χ4n) is 2.15. The summed E-state index contributed by atoms with van der Waals surface area (Å²) in [5, 5.41) is 3.22. The van der Waals surface area contributed by atoms with E-state index in [0.717, 1.165) is 16.9 Å². The van der Waals surface area contributed by atoms with E-state index in [2.05, 4.69) is 20.3 Å². The minimum atomic E-state index is 0.595. The van der Waals surface area contributed by atoms with E-state index < -0.39 is 0 Å². The summed E-state index contributed by atoms with van der Waals surface area (Å²) in [5.41, 5.74) is 1.70. The van der Waals surface area contributed by atoms with E-state index >= 15 is 0 Å². The van der Waals surface area contributed by atoms with Crippen molar-refractivity contribution in [1.29, 1.82) is 0 Å². The van der Waals surface area contributed by atoms with Crippen LogP contribution in [0.2, 0.25) is 0 Å². The van der Waals surface area contributed by atoms with Gasteiger partial charge in [0.05, 0.1) is 31.8 Å². The zero-order valence-corrected chi connectivity index (χ0v) is 12.2. The molecule has 0 saturated carbocycles. The third-order valence-corrected chi connectivity index (χ3v) is 3.32. The minimum absolute atomic E-state index is 0.595. The summed E-state index contributed by atoms with van der Waals surface area (Å²) in [5.74, 6) is 2.95. The van der Waals surface area contributed by atoms with E-state index in [4.69, 9.17) is 9.47 Å². The lowest BCUT2D eigenvalue weighted by Gasteiger charge is -2.06. The zero-order chi connectivity index (χ0) is 14.8. The second-order valence-corrected chi connectivity index (χ2v) is 4.62. The monoisotopic (exact) mass is 287 g/mol. The Balaban J connectivity index is 1.85. The molecule has 0 fully saturated rings. The molecule has 3 aromatic rings. The molecule has 0 spiro atoms. The van der Waals surface area contributed by atoms with Crippen LogP contribution in [0, 0.1) is 0 Å². The largest absolute Gasteiger partial charge is 0.493 e. The van der Waals surface area contributed by atoms with Crippen molar-refractivity contribution in [3.05, 3.63) is 30.4 Å². The topological polar surface area (TPSA) is 77.0 Å². The van der Waals surface area contributed by atoms with Crippen LogP contribution in [-0.2, 0) is 13.6 Å². The van der Waals surface area contributed by atoms with E-state index in [9.17, 15) is 0 Å². The van der Waals surface area contributed by atoms with Crippen molar-refractivity contribution in [2.45, 2.75) is 6.54 Å². The lowest BCUT2D eigenvalue weighted by molar-refractivity contribution is 0.356. The fourth-order valence-corrected chi connectivity index (χ4v) is 2.15. The molecule has 7 heteroatoms. The van der Waals surface area contributed by atoms with Crippen LogP contribution in [0.25, 0.3) is 11.0 Å². The molecular formula is C14H17N5O2. The number of nitrogens with one attached hydrogen (secondary N) is 2. The van der Waals surface area contributed by atoms with Gasteiger partial charge in [0.15, 0.2) is 11.5 Å². The van der Waals surface area contributed by atoms with Crippen LogP contribution >= 0.6 is 0 Å². The molecule has 0 bridgehead atoms. The Morgan fingerprint density at radius 3 is 2.67 bits per heavy atom. The number of ether oxygens (including phenoxy) is 2. The molecule has 0 aliphatic carbocycles. The van der Waals surface area contributed by atoms with Gasteiger partial charge in [0.1, 0.15) is 5.82 Å². The average Bonchev–Trinajstić information content (AvgIpc) is 3.08. The summed E-state index contributed by atoms with van der Waals surface area (Å²) in [6.07, 6.45) is 3.68. The second kappa shape index (κ2) is 5.35. The molecule has 2 N–H and O–H groups in total. The number of rotatable bonds is 5. The van der Waals surface area contributed by atoms with E-state index in [1.54, 1.807) is 20.4 Å². The molecule has 21 heavy (non-hydrogen) atoms. The van der Waals surface area contributed by atoms with Gasteiger partial charge in [-0.25, -0.2) is 9.97 Å². The van der Waals surface area contributed by atoms with Crippen molar-refractivity contribution in [1.82, 2.24) is 19.5 Å². The van der Waals surface area contributed by atoms with Crippen LogP contribution < -0.4 is 14.8 Å². The van der Waals surface area contributed by atoms with E-state index in [1.807, 2.05) is 29.9 Å².